The van der Waals surface area contributed by atoms with Crippen LogP contribution in [0.25, 0.3) is 0 Å². The second-order valence-electron chi connectivity index (χ2n) is 8.60. The fourth-order valence-electron chi connectivity index (χ4n) is 4.22. The number of amides is 1. The van der Waals surface area contributed by atoms with Gasteiger partial charge in [0.15, 0.2) is 0 Å². The number of hydrogen-bond donors (Lipinski definition) is 2. The number of nitrogens with zero attached hydrogens (tertiary/aromatic N) is 3. The Morgan fingerprint density at radius 3 is 2.56 bits per heavy atom. The first kappa shape index (κ1) is 23.7. The van der Waals surface area contributed by atoms with Gasteiger partial charge in [-0.25, -0.2) is 4.68 Å². The smallest absolute Gasteiger partial charge is 0.255 e. The average molecular weight is 498 g/mol. The Morgan fingerprint density at radius 1 is 1.06 bits per heavy atom. The number of anilines is 2. The van der Waals surface area contributed by atoms with Crippen LogP contribution in [0.1, 0.15) is 29.7 Å². The molecule has 36 heavy (non-hydrogen) atoms. The number of hydrogen-bond acceptors (Lipinski definition) is 6. The van der Waals surface area contributed by atoms with Gasteiger partial charge in [0.25, 0.3) is 5.91 Å². The van der Waals surface area contributed by atoms with Crippen molar-refractivity contribution in [3.05, 3.63) is 107 Å². The first-order chi connectivity index (χ1) is 17.5. The van der Waals surface area contributed by atoms with E-state index in [0.29, 0.717) is 16.7 Å². The van der Waals surface area contributed by atoms with Crippen LogP contribution in [0, 0.1) is 6.92 Å². The first-order valence-corrected chi connectivity index (χ1v) is 12.6. The highest BCUT2D eigenvalue weighted by atomic mass is 32.2. The zero-order valence-corrected chi connectivity index (χ0v) is 21.2. The van der Waals surface area contributed by atoms with E-state index in [9.17, 15) is 4.79 Å². The number of benzene rings is 3. The van der Waals surface area contributed by atoms with E-state index in [2.05, 4.69) is 22.8 Å². The summed E-state index contributed by atoms with van der Waals surface area (Å²) in [6.07, 6.45) is 0. The Kier molecular flexibility index (Phi) is 6.77. The minimum Gasteiger partial charge on any atom is -0.497 e. The molecule has 1 atom stereocenters. The lowest BCUT2D eigenvalue weighted by atomic mass is 9.95. The lowest BCUT2D eigenvalue weighted by molar-refractivity contribution is -0.113. The van der Waals surface area contributed by atoms with Gasteiger partial charge >= 0.3 is 0 Å². The molecule has 2 N–H and O–H groups in total. The van der Waals surface area contributed by atoms with Crippen molar-refractivity contribution in [2.75, 3.05) is 17.7 Å². The third-order valence-electron chi connectivity index (χ3n) is 6.00. The summed E-state index contributed by atoms with van der Waals surface area (Å²) in [4.78, 5) is 18.4. The highest BCUT2D eigenvalue weighted by Crippen LogP contribution is 2.37. The monoisotopic (exact) mass is 497 g/mol. The van der Waals surface area contributed by atoms with Gasteiger partial charge in [0.1, 0.15) is 11.8 Å². The van der Waals surface area contributed by atoms with Gasteiger partial charge in [0.2, 0.25) is 11.1 Å². The van der Waals surface area contributed by atoms with Crippen LogP contribution in [0.3, 0.4) is 0 Å². The summed E-state index contributed by atoms with van der Waals surface area (Å²) in [7, 11) is 1.63. The molecule has 4 aromatic rings. The van der Waals surface area contributed by atoms with Gasteiger partial charge in [-0.15, -0.1) is 5.10 Å². The maximum absolute atomic E-state index is 13.6. The number of allylic oxidation sites excluding steroid dienone is 1. The third kappa shape index (κ3) is 4.99. The molecule has 0 radical (unpaired) electrons. The average Bonchev–Trinajstić information content (AvgIpc) is 3.29. The number of methoxy groups -OCH3 is 1. The summed E-state index contributed by atoms with van der Waals surface area (Å²) >= 11 is 1.56. The second-order valence-corrected chi connectivity index (χ2v) is 9.54. The van der Waals surface area contributed by atoms with Crippen molar-refractivity contribution in [3.8, 4) is 5.75 Å². The third-order valence-corrected chi connectivity index (χ3v) is 6.90. The van der Waals surface area contributed by atoms with Crippen LogP contribution in [0.5, 0.6) is 5.75 Å². The van der Waals surface area contributed by atoms with Crippen molar-refractivity contribution in [2.24, 2.45) is 0 Å². The molecule has 1 aliphatic heterocycles. The van der Waals surface area contributed by atoms with Crippen molar-refractivity contribution in [2.45, 2.75) is 30.8 Å². The maximum Gasteiger partial charge on any atom is 0.255 e. The highest BCUT2D eigenvalue weighted by molar-refractivity contribution is 7.98. The molecule has 5 rings (SSSR count). The van der Waals surface area contributed by atoms with Gasteiger partial charge in [-0.1, -0.05) is 66.4 Å². The molecule has 0 bridgehead atoms. The molecule has 0 aliphatic carbocycles. The Morgan fingerprint density at radius 2 is 1.83 bits per heavy atom. The lowest BCUT2D eigenvalue weighted by Crippen LogP contribution is -2.31. The first-order valence-electron chi connectivity index (χ1n) is 11.6. The Labute approximate surface area is 214 Å². The predicted octanol–water partition coefficient (Wildman–Crippen LogP) is 5.82. The number of fused-ring (bicyclic) bond motifs is 1. The van der Waals surface area contributed by atoms with E-state index in [4.69, 9.17) is 14.8 Å². The van der Waals surface area contributed by atoms with Crippen LogP contribution < -0.4 is 15.4 Å². The van der Waals surface area contributed by atoms with Gasteiger partial charge in [0, 0.05) is 17.1 Å². The van der Waals surface area contributed by atoms with Gasteiger partial charge < -0.3 is 15.4 Å². The van der Waals surface area contributed by atoms with Crippen molar-refractivity contribution in [1.29, 1.82) is 0 Å². The predicted molar refractivity (Wildman–Crippen MR) is 143 cm³/mol. The lowest BCUT2D eigenvalue weighted by Gasteiger charge is -2.28. The summed E-state index contributed by atoms with van der Waals surface area (Å²) in [5, 5.41) is 11.8. The summed E-state index contributed by atoms with van der Waals surface area (Å²) in [6.45, 7) is 3.90. The van der Waals surface area contributed by atoms with Crippen molar-refractivity contribution in [1.82, 2.24) is 14.8 Å². The van der Waals surface area contributed by atoms with Crippen LogP contribution >= 0.6 is 11.8 Å². The SMILES string of the molecule is COc1ccc(C2C(C(=O)Nc3cccc(C)c3)=C(C)Nc3nc(SCc4ccccc4)nn32)cc1. The number of rotatable bonds is 7. The molecular formula is C28H27N5O2S. The molecule has 0 fully saturated rings. The molecule has 1 amide bonds. The Balaban J connectivity index is 1.50. The molecule has 2 heterocycles. The fourth-order valence-corrected chi connectivity index (χ4v) is 5.01. The minimum atomic E-state index is -0.449. The molecule has 1 aromatic heterocycles. The van der Waals surface area contributed by atoms with E-state index in [1.54, 1.807) is 23.6 Å². The van der Waals surface area contributed by atoms with E-state index >= 15 is 0 Å². The molecule has 3 aromatic carbocycles. The van der Waals surface area contributed by atoms with Crippen LogP contribution in [0.2, 0.25) is 0 Å². The number of aryl methyl sites for hydroxylation is 1. The molecule has 0 saturated heterocycles. The number of nitrogens with one attached hydrogen (secondary N) is 2. The Bertz CT molecular complexity index is 1410. The van der Waals surface area contributed by atoms with E-state index in [1.165, 1.54) is 5.56 Å². The molecule has 8 heteroatoms. The van der Waals surface area contributed by atoms with E-state index in [-0.39, 0.29) is 5.91 Å². The molecule has 1 aliphatic rings. The van der Waals surface area contributed by atoms with Gasteiger partial charge in [-0.3, -0.25) is 4.79 Å². The molecule has 7 nitrogen and oxygen atoms in total. The van der Waals surface area contributed by atoms with E-state index < -0.39 is 6.04 Å². The highest BCUT2D eigenvalue weighted by Gasteiger charge is 2.34. The molecular weight excluding hydrogens is 470 g/mol. The second kappa shape index (κ2) is 10.3. The van der Waals surface area contributed by atoms with E-state index in [1.807, 2.05) is 80.6 Å². The zero-order valence-electron chi connectivity index (χ0n) is 20.4. The fraction of sp³-hybridized carbons (Fsp3) is 0.179. The molecule has 1 unspecified atom stereocenters. The standard InChI is InChI=1S/C28H27N5O2S/c1-18-8-7-11-22(16-18)30-26(34)24-19(2)29-27-31-28(36-17-20-9-5-4-6-10-20)32-33(27)25(24)21-12-14-23(35-3)15-13-21/h4-16,25H,17H2,1-3H3,(H,30,34)(H,29,31,32). The normalized spacial score (nSPS) is 14.7. The summed E-state index contributed by atoms with van der Waals surface area (Å²) in [6, 6.07) is 25.2. The van der Waals surface area contributed by atoms with Crippen LogP contribution in [-0.4, -0.2) is 27.8 Å². The van der Waals surface area contributed by atoms with Gasteiger partial charge in [-0.2, -0.15) is 4.98 Å². The van der Waals surface area contributed by atoms with Crippen molar-refractivity contribution >= 4 is 29.3 Å². The summed E-state index contributed by atoms with van der Waals surface area (Å²) in [5.74, 6) is 1.92. The van der Waals surface area contributed by atoms with E-state index in [0.717, 1.165) is 34.0 Å². The molecule has 182 valence electrons. The molecule has 0 saturated carbocycles. The Hall–Kier alpha value is -4.04. The van der Waals surface area contributed by atoms with Crippen LogP contribution in [0.15, 0.2) is 95.3 Å². The quantitative estimate of drug-likeness (QED) is 0.314. The number of thioether (sulfide) groups is 1. The number of carbonyl (C=O) groups is 1. The largest absolute Gasteiger partial charge is 0.497 e. The van der Waals surface area contributed by atoms with Crippen LogP contribution in [-0.2, 0) is 10.5 Å². The number of carbonyl (C=O) groups excluding carboxylic acids is 1. The summed E-state index contributed by atoms with van der Waals surface area (Å²) < 4.78 is 7.15. The van der Waals surface area contributed by atoms with Crippen molar-refractivity contribution in [3.63, 3.8) is 0 Å². The minimum absolute atomic E-state index is 0.189. The topological polar surface area (TPSA) is 81.1 Å². The number of aromatic nitrogens is 3. The van der Waals surface area contributed by atoms with Gasteiger partial charge in [0.05, 0.1) is 12.7 Å². The van der Waals surface area contributed by atoms with Gasteiger partial charge in [-0.05, 0) is 54.8 Å². The molecule has 0 spiro atoms. The van der Waals surface area contributed by atoms with Crippen LogP contribution in [0.4, 0.5) is 11.6 Å². The summed E-state index contributed by atoms with van der Waals surface area (Å²) in [5.41, 5.74) is 5.25. The number of ether oxygens (including phenoxy) is 1. The zero-order chi connectivity index (χ0) is 25.1. The van der Waals surface area contributed by atoms with Crippen molar-refractivity contribution < 1.29 is 9.53 Å². The maximum atomic E-state index is 13.6.